The van der Waals surface area contributed by atoms with Gasteiger partial charge in [-0.1, -0.05) is 11.3 Å². The molecule has 0 bridgehead atoms. The fraction of sp³-hybridized carbons (Fsp3) is 0.286. The number of nitrogens with one attached hydrogen (secondary N) is 3. The molecule has 1 saturated carbocycles. The van der Waals surface area contributed by atoms with Crippen molar-refractivity contribution in [2.75, 3.05) is 10.6 Å². The summed E-state index contributed by atoms with van der Waals surface area (Å²) in [4.78, 5) is 27.3. The summed E-state index contributed by atoms with van der Waals surface area (Å²) in [7, 11) is 0. The highest BCUT2D eigenvalue weighted by molar-refractivity contribution is 5.98. The minimum atomic E-state index is -1.16. The second-order valence-corrected chi connectivity index (χ2v) is 7.85. The van der Waals surface area contributed by atoms with E-state index in [-0.39, 0.29) is 29.2 Å². The lowest BCUT2D eigenvalue weighted by molar-refractivity contribution is 0.100. The third-order valence-corrected chi connectivity index (χ3v) is 5.36. The second kappa shape index (κ2) is 9.10. The highest BCUT2D eigenvalue weighted by atomic mass is 19.1. The van der Waals surface area contributed by atoms with Crippen molar-refractivity contribution < 1.29 is 19.1 Å². The zero-order chi connectivity index (χ0) is 23.5. The summed E-state index contributed by atoms with van der Waals surface area (Å²) >= 11 is 0. The van der Waals surface area contributed by atoms with Gasteiger partial charge in [-0.15, -0.1) is 5.10 Å². The van der Waals surface area contributed by atoms with E-state index in [1.165, 1.54) is 0 Å². The van der Waals surface area contributed by atoms with Crippen LogP contribution in [0.1, 0.15) is 30.1 Å². The maximum atomic E-state index is 14.8. The largest absolute Gasteiger partial charge is 0.465 e. The van der Waals surface area contributed by atoms with Crippen LogP contribution in [0.5, 0.6) is 0 Å². The van der Waals surface area contributed by atoms with Gasteiger partial charge in [0.05, 0.1) is 29.7 Å². The normalized spacial score (nSPS) is 14.8. The van der Waals surface area contributed by atoms with Gasteiger partial charge in [-0.05, 0) is 49.9 Å². The predicted molar refractivity (Wildman–Crippen MR) is 118 cm³/mol. The smallest absolute Gasteiger partial charge is 0.404 e. The summed E-state index contributed by atoms with van der Waals surface area (Å²) < 4.78 is 16.4. The molecule has 6 N–H and O–H groups in total. The van der Waals surface area contributed by atoms with Gasteiger partial charge in [0.2, 0.25) is 0 Å². The van der Waals surface area contributed by atoms with Gasteiger partial charge in [0.25, 0.3) is 5.91 Å². The number of pyridine rings is 1. The average Bonchev–Trinajstić information content (AvgIpc) is 3.45. The minimum Gasteiger partial charge on any atom is -0.465 e. The Morgan fingerprint density at radius 2 is 2.06 bits per heavy atom. The van der Waals surface area contributed by atoms with Gasteiger partial charge >= 0.3 is 6.09 Å². The van der Waals surface area contributed by atoms with E-state index in [0.717, 1.165) is 18.9 Å². The molecular weight excluding hydrogens is 431 g/mol. The Balaban J connectivity index is 1.64. The zero-order valence-electron chi connectivity index (χ0n) is 17.7. The molecule has 0 unspecified atom stereocenters. The number of halogens is 1. The molecule has 1 aromatic carbocycles. The molecule has 0 radical (unpaired) electrons. The van der Waals surface area contributed by atoms with Crippen molar-refractivity contribution in [2.45, 2.75) is 31.8 Å². The molecule has 1 aliphatic carbocycles. The van der Waals surface area contributed by atoms with E-state index in [2.05, 4.69) is 31.2 Å². The Hall–Kier alpha value is -4.22. The van der Waals surface area contributed by atoms with Crippen molar-refractivity contribution in [1.29, 1.82) is 0 Å². The van der Waals surface area contributed by atoms with Gasteiger partial charge in [-0.3, -0.25) is 4.79 Å². The van der Waals surface area contributed by atoms with Crippen LogP contribution in [-0.4, -0.2) is 49.2 Å². The van der Waals surface area contributed by atoms with Gasteiger partial charge in [0.15, 0.2) is 11.6 Å². The standard InChI is InChI=1S/C21H23FN8O3/c1-11(25-21(32)33)17(12-5-6-12)27-20-16(22)10-15(18(23)31)19(28-20)26-13-3-2-4-14(9-13)30-8-7-24-29-30/h2-4,7-12,17,25H,5-6H2,1H3,(H2,23,31)(H,32,33)(H2,26,27,28)/t11-,17+/m0/s1. The maximum Gasteiger partial charge on any atom is 0.404 e. The number of rotatable bonds is 9. The Morgan fingerprint density at radius 1 is 1.27 bits per heavy atom. The summed E-state index contributed by atoms with van der Waals surface area (Å²) in [5, 5.41) is 25.2. The zero-order valence-corrected chi connectivity index (χ0v) is 17.7. The van der Waals surface area contributed by atoms with E-state index in [4.69, 9.17) is 10.8 Å². The quantitative estimate of drug-likeness (QED) is 0.330. The number of carboxylic acid groups (broad SMARTS) is 1. The summed E-state index contributed by atoms with van der Waals surface area (Å²) in [6.45, 7) is 1.70. The number of nitrogens with two attached hydrogens (primary N) is 1. The first-order chi connectivity index (χ1) is 15.8. The fourth-order valence-electron chi connectivity index (χ4n) is 3.63. The van der Waals surface area contributed by atoms with Gasteiger partial charge in [-0.25, -0.2) is 18.9 Å². The second-order valence-electron chi connectivity index (χ2n) is 7.85. The van der Waals surface area contributed by atoms with Crippen molar-refractivity contribution in [3.05, 3.63) is 54.1 Å². The van der Waals surface area contributed by atoms with Crippen LogP contribution in [0.15, 0.2) is 42.7 Å². The Kier molecular flexibility index (Phi) is 6.07. The number of anilines is 3. The first kappa shape index (κ1) is 22.0. The van der Waals surface area contributed by atoms with Crippen LogP contribution in [-0.2, 0) is 0 Å². The number of nitrogens with zero attached hydrogens (tertiary/aromatic N) is 4. The van der Waals surface area contributed by atoms with Crippen LogP contribution in [0.2, 0.25) is 0 Å². The Morgan fingerprint density at radius 3 is 2.70 bits per heavy atom. The lowest BCUT2D eigenvalue weighted by Crippen LogP contribution is -2.45. The number of aromatic nitrogens is 4. The van der Waals surface area contributed by atoms with Crippen molar-refractivity contribution in [3.63, 3.8) is 0 Å². The Bertz CT molecular complexity index is 1170. The summed E-state index contributed by atoms with van der Waals surface area (Å²) in [6.07, 6.45) is 3.84. The first-order valence-corrected chi connectivity index (χ1v) is 10.3. The average molecular weight is 454 g/mol. The molecule has 33 heavy (non-hydrogen) atoms. The van der Waals surface area contributed by atoms with Crippen LogP contribution in [0, 0.1) is 11.7 Å². The van der Waals surface area contributed by atoms with Gasteiger partial charge in [0.1, 0.15) is 5.82 Å². The monoisotopic (exact) mass is 454 g/mol. The van der Waals surface area contributed by atoms with E-state index in [1.807, 2.05) is 6.07 Å². The van der Waals surface area contributed by atoms with E-state index in [1.54, 1.807) is 42.2 Å². The molecule has 4 rings (SSSR count). The molecule has 2 aromatic heterocycles. The maximum absolute atomic E-state index is 14.8. The van der Waals surface area contributed by atoms with E-state index in [9.17, 15) is 14.0 Å². The number of hydrogen-bond donors (Lipinski definition) is 5. The number of amides is 2. The van der Waals surface area contributed by atoms with E-state index >= 15 is 0 Å². The SMILES string of the molecule is C[C@H](NC(=O)O)[C@@H](Nc1nc(Nc2cccc(-n3ccnn3)c2)c(C(N)=O)cc1F)C1CC1. The number of hydrogen-bond acceptors (Lipinski definition) is 7. The van der Waals surface area contributed by atoms with Crippen molar-refractivity contribution in [3.8, 4) is 5.69 Å². The van der Waals surface area contributed by atoms with Crippen LogP contribution < -0.4 is 21.7 Å². The highest BCUT2D eigenvalue weighted by Crippen LogP contribution is 2.36. The molecular formula is C21H23FN8O3. The fourth-order valence-corrected chi connectivity index (χ4v) is 3.63. The highest BCUT2D eigenvalue weighted by Gasteiger charge is 2.36. The van der Waals surface area contributed by atoms with Gasteiger partial charge in [-0.2, -0.15) is 0 Å². The lowest BCUT2D eigenvalue weighted by atomic mass is 10.0. The van der Waals surface area contributed by atoms with Crippen LogP contribution in [0.4, 0.5) is 26.5 Å². The molecule has 11 nitrogen and oxygen atoms in total. The Labute approximate surface area is 188 Å². The number of carbonyl (C=O) groups is 2. The van der Waals surface area contributed by atoms with E-state index in [0.29, 0.717) is 11.4 Å². The topological polar surface area (TPSA) is 160 Å². The third kappa shape index (κ3) is 5.17. The molecule has 1 fully saturated rings. The van der Waals surface area contributed by atoms with Gasteiger partial charge < -0.3 is 26.8 Å². The molecule has 172 valence electrons. The predicted octanol–water partition coefficient (Wildman–Crippen LogP) is 2.49. The molecule has 3 aromatic rings. The minimum absolute atomic E-state index is 0.0653. The summed E-state index contributed by atoms with van der Waals surface area (Å²) in [6, 6.07) is 7.25. The third-order valence-electron chi connectivity index (χ3n) is 5.36. The molecule has 12 heteroatoms. The van der Waals surface area contributed by atoms with Crippen LogP contribution in [0.25, 0.3) is 5.69 Å². The first-order valence-electron chi connectivity index (χ1n) is 10.3. The molecule has 2 heterocycles. The van der Waals surface area contributed by atoms with E-state index < -0.39 is 23.9 Å². The van der Waals surface area contributed by atoms with Crippen molar-refractivity contribution in [1.82, 2.24) is 25.3 Å². The molecule has 1 aliphatic rings. The summed E-state index contributed by atoms with van der Waals surface area (Å²) in [5.74, 6) is -1.47. The van der Waals surface area contributed by atoms with Crippen LogP contribution >= 0.6 is 0 Å². The molecule has 0 aliphatic heterocycles. The van der Waals surface area contributed by atoms with Crippen molar-refractivity contribution >= 4 is 29.3 Å². The van der Waals surface area contributed by atoms with Crippen LogP contribution in [0.3, 0.4) is 0 Å². The number of primary amides is 1. The molecule has 2 amide bonds. The van der Waals surface area contributed by atoms with Crippen molar-refractivity contribution in [2.24, 2.45) is 11.7 Å². The number of carbonyl (C=O) groups excluding carboxylic acids is 1. The summed E-state index contributed by atoms with van der Waals surface area (Å²) in [5.41, 5.74) is 6.61. The molecule has 0 saturated heterocycles. The molecule has 2 atom stereocenters. The van der Waals surface area contributed by atoms with Gasteiger partial charge in [0, 0.05) is 11.7 Å². The lowest BCUT2D eigenvalue weighted by Gasteiger charge is -2.26. The number of benzene rings is 1. The molecule has 0 spiro atoms.